The summed E-state index contributed by atoms with van der Waals surface area (Å²) in [6.07, 6.45) is 0. The molecule has 6 nitrogen and oxygen atoms in total. The number of nitrogens with two attached hydrogens (primary N) is 1. The minimum absolute atomic E-state index is 0. The number of guanidine groups is 1. The van der Waals surface area contributed by atoms with Gasteiger partial charge in [-0.3, -0.25) is 0 Å². The molecule has 1 heterocycles. The molecule has 0 amide bonds. The number of fused-ring (bicyclic) bond motifs is 1. The summed E-state index contributed by atoms with van der Waals surface area (Å²) >= 11 is 0. The number of aromatic nitrogens is 2. The monoisotopic (exact) mass is 437 g/mol. The first kappa shape index (κ1) is 18.1. The van der Waals surface area contributed by atoms with E-state index in [1.54, 1.807) is 7.11 Å². The second-order valence-corrected chi connectivity index (χ2v) is 5.18. The van der Waals surface area contributed by atoms with Gasteiger partial charge in [-0.1, -0.05) is 24.3 Å². The number of aryl methyl sites for hydroxylation is 1. The van der Waals surface area contributed by atoms with Gasteiger partial charge in [0, 0.05) is 0 Å². The highest BCUT2D eigenvalue weighted by molar-refractivity contribution is 14.0. The van der Waals surface area contributed by atoms with Crippen LogP contribution in [0.3, 0.4) is 0 Å². The van der Waals surface area contributed by atoms with Gasteiger partial charge in [-0.15, -0.1) is 24.0 Å². The van der Waals surface area contributed by atoms with Gasteiger partial charge in [-0.05, 0) is 30.7 Å². The Bertz CT molecular complexity index is 859. The first-order chi connectivity index (χ1) is 11.2. The molecule has 0 unspecified atom stereocenters. The first-order valence-corrected chi connectivity index (χ1v) is 7.31. The van der Waals surface area contributed by atoms with Crippen molar-refractivity contribution in [1.82, 2.24) is 9.97 Å². The summed E-state index contributed by atoms with van der Waals surface area (Å²) in [6, 6.07) is 13.6. The van der Waals surface area contributed by atoms with E-state index >= 15 is 0 Å². The maximum atomic E-state index is 5.94. The van der Waals surface area contributed by atoms with Crippen LogP contribution in [0.1, 0.15) is 11.4 Å². The summed E-state index contributed by atoms with van der Waals surface area (Å²) < 4.78 is 5.27. The summed E-state index contributed by atoms with van der Waals surface area (Å²) in [4.78, 5) is 12.1. The molecule has 0 aliphatic heterocycles. The number of methoxy groups -OCH3 is 1. The number of rotatable bonds is 4. The second-order valence-electron chi connectivity index (χ2n) is 5.18. The van der Waals surface area contributed by atoms with E-state index in [2.05, 4.69) is 20.3 Å². The molecule has 0 saturated carbocycles. The summed E-state index contributed by atoms with van der Waals surface area (Å²) in [7, 11) is 1.62. The summed E-state index contributed by atoms with van der Waals surface area (Å²) in [5.41, 5.74) is 9.82. The number of nitrogens with one attached hydrogen (secondary N) is 2. The van der Waals surface area contributed by atoms with Crippen molar-refractivity contribution >= 4 is 46.7 Å². The van der Waals surface area contributed by atoms with Crippen LogP contribution in [-0.2, 0) is 6.54 Å². The average molecular weight is 437 g/mol. The largest absolute Gasteiger partial charge is 0.495 e. The van der Waals surface area contributed by atoms with Crippen LogP contribution in [0.5, 0.6) is 5.75 Å². The van der Waals surface area contributed by atoms with Crippen LogP contribution >= 0.6 is 24.0 Å². The number of hydrogen-bond acceptors (Lipinski definition) is 3. The normalized spacial score (nSPS) is 11.2. The lowest BCUT2D eigenvalue weighted by Crippen LogP contribution is -2.23. The van der Waals surface area contributed by atoms with Crippen LogP contribution in [0.15, 0.2) is 47.5 Å². The highest BCUT2D eigenvalue weighted by Gasteiger charge is 2.05. The van der Waals surface area contributed by atoms with Gasteiger partial charge < -0.3 is 20.8 Å². The minimum Gasteiger partial charge on any atom is -0.495 e. The molecule has 0 saturated heterocycles. The lowest BCUT2D eigenvalue weighted by atomic mass is 10.2. The van der Waals surface area contributed by atoms with E-state index in [4.69, 9.17) is 10.5 Å². The van der Waals surface area contributed by atoms with Crippen molar-refractivity contribution in [3.8, 4) is 5.75 Å². The van der Waals surface area contributed by atoms with Gasteiger partial charge in [0.1, 0.15) is 18.1 Å². The third-order valence-electron chi connectivity index (χ3n) is 3.53. The van der Waals surface area contributed by atoms with E-state index in [-0.39, 0.29) is 24.0 Å². The highest BCUT2D eigenvalue weighted by Crippen LogP contribution is 2.22. The van der Waals surface area contributed by atoms with Gasteiger partial charge in [-0.2, -0.15) is 0 Å². The van der Waals surface area contributed by atoms with Crippen LogP contribution in [0.4, 0.5) is 5.69 Å². The predicted molar refractivity (Wildman–Crippen MR) is 108 cm³/mol. The molecule has 1 aromatic heterocycles. The average Bonchev–Trinajstić information content (AvgIpc) is 2.98. The minimum atomic E-state index is 0. The Morgan fingerprint density at radius 3 is 2.79 bits per heavy atom. The number of hydrogen-bond donors (Lipinski definition) is 3. The lowest BCUT2D eigenvalue weighted by Gasteiger charge is -2.09. The molecule has 0 aliphatic carbocycles. The molecule has 0 aliphatic rings. The van der Waals surface area contributed by atoms with Crippen LogP contribution in [0.2, 0.25) is 0 Å². The fourth-order valence-corrected chi connectivity index (χ4v) is 2.39. The molecule has 0 fully saturated rings. The molecular formula is C17H20IN5O. The molecule has 4 N–H and O–H groups in total. The van der Waals surface area contributed by atoms with Gasteiger partial charge in [0.15, 0.2) is 5.96 Å². The fourth-order valence-electron chi connectivity index (χ4n) is 2.39. The smallest absolute Gasteiger partial charge is 0.193 e. The van der Waals surface area contributed by atoms with Gasteiger partial charge >= 0.3 is 0 Å². The fraction of sp³-hybridized carbons (Fsp3) is 0.176. The molecular weight excluding hydrogens is 417 g/mol. The Labute approximate surface area is 157 Å². The zero-order chi connectivity index (χ0) is 16.2. The van der Waals surface area contributed by atoms with Crippen LogP contribution < -0.4 is 15.8 Å². The molecule has 3 rings (SSSR count). The number of para-hydroxylation sites is 3. The van der Waals surface area contributed by atoms with Crippen molar-refractivity contribution in [2.75, 3.05) is 12.4 Å². The summed E-state index contributed by atoms with van der Waals surface area (Å²) in [5.74, 6) is 1.80. The topological polar surface area (TPSA) is 88.3 Å². The molecule has 126 valence electrons. The van der Waals surface area contributed by atoms with Crippen LogP contribution in [0.25, 0.3) is 11.0 Å². The number of aromatic amines is 1. The van der Waals surface area contributed by atoms with Gasteiger partial charge in [0.2, 0.25) is 0 Å². The second kappa shape index (κ2) is 8.00. The third kappa shape index (κ3) is 3.97. The highest BCUT2D eigenvalue weighted by atomic mass is 127. The van der Waals surface area contributed by atoms with E-state index < -0.39 is 0 Å². The molecule has 0 bridgehead atoms. The van der Waals surface area contributed by atoms with Crippen molar-refractivity contribution in [1.29, 1.82) is 0 Å². The number of benzene rings is 2. The molecule has 0 spiro atoms. The number of ether oxygens (including phenoxy) is 1. The molecule has 7 heteroatoms. The van der Waals surface area contributed by atoms with E-state index in [0.29, 0.717) is 18.3 Å². The number of aliphatic imine (C=N–C) groups is 1. The van der Waals surface area contributed by atoms with Crippen molar-refractivity contribution in [3.63, 3.8) is 0 Å². The molecule has 24 heavy (non-hydrogen) atoms. The van der Waals surface area contributed by atoms with E-state index in [0.717, 1.165) is 28.1 Å². The Morgan fingerprint density at radius 1 is 1.25 bits per heavy atom. The maximum absolute atomic E-state index is 5.94. The van der Waals surface area contributed by atoms with E-state index in [1.165, 1.54) is 0 Å². The third-order valence-corrected chi connectivity index (χ3v) is 3.53. The maximum Gasteiger partial charge on any atom is 0.193 e. The van der Waals surface area contributed by atoms with Crippen molar-refractivity contribution in [3.05, 3.63) is 53.9 Å². The Balaban J connectivity index is 0.00000208. The number of halogens is 1. The number of anilines is 1. The van der Waals surface area contributed by atoms with E-state index in [9.17, 15) is 0 Å². The van der Waals surface area contributed by atoms with Gasteiger partial charge in [0.05, 0.1) is 23.8 Å². The zero-order valence-electron chi connectivity index (χ0n) is 13.5. The number of H-pyrrole nitrogens is 1. The van der Waals surface area contributed by atoms with Crippen LogP contribution in [0, 0.1) is 6.92 Å². The van der Waals surface area contributed by atoms with Gasteiger partial charge in [0.25, 0.3) is 0 Å². The lowest BCUT2D eigenvalue weighted by molar-refractivity contribution is 0.417. The number of imidazole rings is 1. The SMILES string of the molecule is COc1ccccc1NC(N)=NCc1nc2c(C)cccc2[nH]1.I. The quantitative estimate of drug-likeness (QED) is 0.332. The first-order valence-electron chi connectivity index (χ1n) is 7.31. The van der Waals surface area contributed by atoms with Crippen molar-refractivity contribution in [2.24, 2.45) is 10.7 Å². The molecule has 3 aromatic rings. The summed E-state index contributed by atoms with van der Waals surface area (Å²) in [5, 5.41) is 3.04. The molecule has 0 radical (unpaired) electrons. The van der Waals surface area contributed by atoms with Crippen molar-refractivity contribution < 1.29 is 4.74 Å². The molecule has 2 aromatic carbocycles. The Kier molecular flexibility index (Phi) is 6.02. The Hall–Kier alpha value is -2.29. The van der Waals surface area contributed by atoms with Crippen LogP contribution in [-0.4, -0.2) is 23.0 Å². The predicted octanol–water partition coefficient (Wildman–Crippen LogP) is 3.42. The van der Waals surface area contributed by atoms with Crippen molar-refractivity contribution in [2.45, 2.75) is 13.5 Å². The molecule has 0 atom stereocenters. The number of nitrogens with zero attached hydrogens (tertiary/aromatic N) is 2. The Morgan fingerprint density at radius 2 is 2.04 bits per heavy atom. The van der Waals surface area contributed by atoms with E-state index in [1.807, 2.05) is 49.4 Å². The standard InChI is InChI=1S/C17H19N5O.HI/c1-11-6-5-8-13-16(11)22-15(20-13)10-19-17(18)21-12-7-3-4-9-14(12)23-2;/h3-9H,10H2,1-2H3,(H,20,22)(H3,18,19,21);1H. The zero-order valence-corrected chi connectivity index (χ0v) is 15.9. The summed E-state index contributed by atoms with van der Waals surface area (Å²) in [6.45, 7) is 2.41. The van der Waals surface area contributed by atoms with Gasteiger partial charge in [-0.25, -0.2) is 9.98 Å².